The normalized spacial score (nSPS) is 15.2. The van der Waals surface area contributed by atoms with Gasteiger partial charge in [0.05, 0.1) is 10.6 Å². The average molecular weight is 441 g/mol. The molecule has 2 aromatic heterocycles. The van der Waals surface area contributed by atoms with Gasteiger partial charge in [-0.05, 0) is 43.3 Å². The van der Waals surface area contributed by atoms with Crippen LogP contribution < -0.4 is 9.64 Å². The lowest BCUT2D eigenvalue weighted by molar-refractivity contribution is -0.118. The van der Waals surface area contributed by atoms with Gasteiger partial charge in [0.2, 0.25) is 23.2 Å². The van der Waals surface area contributed by atoms with Crippen molar-refractivity contribution in [2.24, 2.45) is 0 Å². The molecule has 6 nitrogen and oxygen atoms in total. The lowest BCUT2D eigenvalue weighted by Gasteiger charge is -2.30. The van der Waals surface area contributed by atoms with Crippen LogP contribution in [0.15, 0.2) is 34.8 Å². The first-order valence-electron chi connectivity index (χ1n) is 9.98. The Bertz CT molecular complexity index is 1070. The number of benzene rings is 1. The highest BCUT2D eigenvalue weighted by molar-refractivity contribution is 7.99. The summed E-state index contributed by atoms with van der Waals surface area (Å²) in [4.78, 5) is 20.2. The highest BCUT2D eigenvalue weighted by Gasteiger charge is 2.36. The highest BCUT2D eigenvalue weighted by Crippen LogP contribution is 2.46. The Hall–Kier alpha value is -2.45. The molecule has 1 aliphatic heterocycles. The monoisotopic (exact) mass is 440 g/mol. The van der Waals surface area contributed by atoms with E-state index in [1.54, 1.807) is 34.9 Å². The third kappa shape index (κ3) is 3.94. The van der Waals surface area contributed by atoms with E-state index in [0.717, 1.165) is 45.8 Å². The number of anilines is 1. The first kappa shape index (κ1) is 20.8. The molecule has 0 aliphatic carbocycles. The number of hydrogen-bond acceptors (Lipinski definition) is 7. The fourth-order valence-electron chi connectivity index (χ4n) is 3.59. The molecule has 0 radical (unpaired) electrons. The van der Waals surface area contributed by atoms with Gasteiger partial charge in [0.15, 0.2) is 5.69 Å². The molecule has 3 aromatic rings. The fourth-order valence-corrected chi connectivity index (χ4v) is 5.20. The van der Waals surface area contributed by atoms with Crippen molar-refractivity contribution in [1.29, 1.82) is 0 Å². The number of amides is 1. The number of nitrogens with zero attached hydrogens (tertiary/aromatic N) is 4. The van der Waals surface area contributed by atoms with E-state index in [9.17, 15) is 4.79 Å². The first-order valence-corrected chi connectivity index (χ1v) is 11.8. The van der Waals surface area contributed by atoms with Crippen LogP contribution in [0.4, 0.5) is 5.69 Å². The molecule has 30 heavy (non-hydrogen) atoms. The zero-order valence-electron chi connectivity index (χ0n) is 17.5. The van der Waals surface area contributed by atoms with Crippen LogP contribution in [0.1, 0.15) is 48.9 Å². The number of rotatable bonds is 5. The van der Waals surface area contributed by atoms with Gasteiger partial charge in [0, 0.05) is 18.2 Å². The quantitative estimate of drug-likeness (QED) is 0.383. The highest BCUT2D eigenvalue weighted by atomic mass is 32.2. The van der Waals surface area contributed by atoms with Gasteiger partial charge in [-0.2, -0.15) is 4.98 Å². The standard InChI is InChI=1S/C22H24N4O2S2/c1-5-6-9-30-22-23-20-18(24-25-22)16-12-13(2)11-14(3)19(16)26(15(4)27)21(28-20)17-8-7-10-29-17/h7-8,10-12,21H,5-6,9H2,1-4H3. The lowest BCUT2D eigenvalue weighted by Crippen LogP contribution is -2.36. The van der Waals surface area contributed by atoms with Gasteiger partial charge in [0.25, 0.3) is 0 Å². The smallest absolute Gasteiger partial charge is 0.247 e. The zero-order valence-corrected chi connectivity index (χ0v) is 19.1. The summed E-state index contributed by atoms with van der Waals surface area (Å²) in [6, 6.07) is 8.03. The molecule has 4 rings (SSSR count). The summed E-state index contributed by atoms with van der Waals surface area (Å²) < 4.78 is 6.39. The van der Waals surface area contributed by atoms with Gasteiger partial charge in [-0.25, -0.2) is 0 Å². The van der Waals surface area contributed by atoms with E-state index in [1.165, 1.54) is 0 Å². The van der Waals surface area contributed by atoms with Gasteiger partial charge >= 0.3 is 0 Å². The summed E-state index contributed by atoms with van der Waals surface area (Å²) in [6.07, 6.45) is 1.60. The number of aryl methyl sites for hydroxylation is 2. The maximum absolute atomic E-state index is 12.8. The van der Waals surface area contributed by atoms with Gasteiger partial charge in [-0.3, -0.25) is 9.69 Å². The minimum absolute atomic E-state index is 0.0973. The maximum Gasteiger partial charge on any atom is 0.247 e. The topological polar surface area (TPSA) is 68.2 Å². The summed E-state index contributed by atoms with van der Waals surface area (Å²) in [6.45, 7) is 7.76. The Kier molecular flexibility index (Phi) is 6.06. The van der Waals surface area contributed by atoms with E-state index in [0.29, 0.717) is 16.7 Å². The van der Waals surface area contributed by atoms with Crippen LogP contribution in [0, 0.1) is 13.8 Å². The number of unbranched alkanes of at least 4 members (excludes halogenated alkanes) is 1. The Labute approximate surface area is 184 Å². The largest absolute Gasteiger partial charge is 0.446 e. The van der Waals surface area contributed by atoms with Crippen molar-refractivity contribution in [2.75, 3.05) is 10.7 Å². The molecule has 8 heteroatoms. The van der Waals surface area contributed by atoms with Gasteiger partial charge in [-0.1, -0.05) is 42.8 Å². The minimum Gasteiger partial charge on any atom is -0.446 e. The second kappa shape index (κ2) is 8.73. The predicted molar refractivity (Wildman–Crippen MR) is 121 cm³/mol. The summed E-state index contributed by atoms with van der Waals surface area (Å²) in [5.41, 5.74) is 4.26. The molecule has 1 unspecified atom stereocenters. The summed E-state index contributed by atoms with van der Waals surface area (Å²) in [5.74, 6) is 1.25. The van der Waals surface area contributed by atoms with E-state index < -0.39 is 6.23 Å². The molecule has 0 N–H and O–H groups in total. The number of hydrogen-bond donors (Lipinski definition) is 0. The van der Waals surface area contributed by atoms with Crippen molar-refractivity contribution in [2.45, 2.75) is 51.9 Å². The third-order valence-electron chi connectivity index (χ3n) is 4.89. The number of carbonyl (C=O) groups excluding carboxylic acids is 1. The summed E-state index contributed by atoms with van der Waals surface area (Å²) in [7, 11) is 0. The molecular formula is C22H24N4O2S2. The number of carbonyl (C=O) groups is 1. The molecule has 0 spiro atoms. The van der Waals surface area contributed by atoms with Crippen molar-refractivity contribution in [3.8, 4) is 17.1 Å². The van der Waals surface area contributed by atoms with E-state index >= 15 is 0 Å². The van der Waals surface area contributed by atoms with Gasteiger partial charge in [-0.15, -0.1) is 21.5 Å². The van der Waals surface area contributed by atoms with Crippen LogP contribution in [0.5, 0.6) is 5.88 Å². The van der Waals surface area contributed by atoms with E-state index in [4.69, 9.17) is 9.72 Å². The van der Waals surface area contributed by atoms with E-state index in [1.807, 2.05) is 37.4 Å². The molecule has 156 valence electrons. The van der Waals surface area contributed by atoms with Crippen molar-refractivity contribution in [3.05, 3.63) is 45.6 Å². The molecule has 1 amide bonds. The molecule has 1 aliphatic rings. The Morgan fingerprint density at radius 1 is 1.30 bits per heavy atom. The lowest BCUT2D eigenvalue weighted by atomic mass is 10.0. The Morgan fingerprint density at radius 2 is 2.13 bits per heavy atom. The second-order valence-electron chi connectivity index (χ2n) is 7.30. The molecule has 0 saturated carbocycles. The molecule has 0 bridgehead atoms. The SMILES string of the molecule is CCCCSc1nnc2c(n1)OC(c1cccs1)N(C(C)=O)c1c(C)cc(C)cc1-2. The molecular weight excluding hydrogens is 416 g/mol. The van der Waals surface area contributed by atoms with Crippen LogP contribution in [0.25, 0.3) is 11.3 Å². The Balaban J connectivity index is 1.91. The number of thioether (sulfide) groups is 1. The molecule has 0 saturated heterocycles. The second-order valence-corrected chi connectivity index (χ2v) is 9.34. The van der Waals surface area contributed by atoms with Gasteiger partial charge in [0.1, 0.15) is 0 Å². The van der Waals surface area contributed by atoms with E-state index in [-0.39, 0.29) is 5.91 Å². The predicted octanol–water partition coefficient (Wildman–Crippen LogP) is 5.55. The average Bonchev–Trinajstić information content (AvgIpc) is 3.19. The molecule has 0 fully saturated rings. The number of fused-ring (bicyclic) bond motifs is 3. The van der Waals surface area contributed by atoms with Crippen molar-refractivity contribution in [1.82, 2.24) is 15.2 Å². The molecule has 3 heterocycles. The summed E-state index contributed by atoms with van der Waals surface area (Å²) >= 11 is 3.13. The van der Waals surface area contributed by atoms with Crippen LogP contribution in [0.3, 0.4) is 0 Å². The van der Waals surface area contributed by atoms with Crippen LogP contribution in [-0.2, 0) is 4.79 Å². The van der Waals surface area contributed by atoms with Gasteiger partial charge < -0.3 is 4.74 Å². The van der Waals surface area contributed by atoms with Crippen LogP contribution in [-0.4, -0.2) is 26.8 Å². The number of aromatic nitrogens is 3. The van der Waals surface area contributed by atoms with Crippen LogP contribution >= 0.6 is 23.1 Å². The number of ether oxygens (including phenoxy) is 1. The fraction of sp³-hybridized carbons (Fsp3) is 0.364. The minimum atomic E-state index is -0.603. The number of thiophene rings is 1. The zero-order chi connectivity index (χ0) is 21.3. The maximum atomic E-state index is 12.8. The first-order chi connectivity index (χ1) is 14.5. The molecule has 1 aromatic carbocycles. The van der Waals surface area contributed by atoms with Crippen LogP contribution in [0.2, 0.25) is 0 Å². The van der Waals surface area contributed by atoms with Crippen molar-refractivity contribution < 1.29 is 9.53 Å². The van der Waals surface area contributed by atoms with E-state index in [2.05, 4.69) is 23.2 Å². The van der Waals surface area contributed by atoms with Crippen molar-refractivity contribution >= 4 is 34.7 Å². The Morgan fingerprint density at radius 3 is 2.83 bits per heavy atom. The molecule has 1 atom stereocenters. The summed E-state index contributed by atoms with van der Waals surface area (Å²) in [5, 5.41) is 11.4. The third-order valence-corrected chi connectivity index (χ3v) is 6.72. The van der Waals surface area contributed by atoms with Crippen molar-refractivity contribution in [3.63, 3.8) is 0 Å².